The molecule has 0 radical (unpaired) electrons. The van der Waals surface area contributed by atoms with Crippen molar-refractivity contribution in [1.29, 1.82) is 0 Å². The molecule has 31 heavy (non-hydrogen) atoms. The lowest BCUT2D eigenvalue weighted by molar-refractivity contribution is 0.350. The van der Waals surface area contributed by atoms with Crippen molar-refractivity contribution in [3.8, 4) is 0 Å². The Morgan fingerprint density at radius 2 is 0.871 bits per heavy atom. The van der Waals surface area contributed by atoms with Gasteiger partial charge in [0.1, 0.15) is 0 Å². The smallest absolute Gasteiger partial charge is 0.0225 e. The number of aryl methyl sites for hydroxylation is 2. The highest BCUT2D eigenvalue weighted by Crippen LogP contribution is 2.63. The number of fused-ring (bicyclic) bond motifs is 6. The molecule has 4 aromatic carbocycles. The fraction of sp³-hybridized carbons (Fsp3) is 0.355. The summed E-state index contributed by atoms with van der Waals surface area (Å²) in [7, 11) is 0. The van der Waals surface area contributed by atoms with Gasteiger partial charge in [-0.3, -0.25) is 0 Å². The maximum absolute atomic E-state index is 2.54. The molecule has 0 aliphatic heterocycles. The highest BCUT2D eigenvalue weighted by molar-refractivity contribution is 5.89. The van der Waals surface area contributed by atoms with Gasteiger partial charge in [-0.15, -0.1) is 0 Å². The van der Waals surface area contributed by atoms with E-state index in [2.05, 4.69) is 102 Å². The van der Waals surface area contributed by atoms with Crippen LogP contribution in [-0.4, -0.2) is 0 Å². The highest BCUT2D eigenvalue weighted by Gasteiger charge is 2.56. The van der Waals surface area contributed by atoms with E-state index >= 15 is 0 Å². The fourth-order valence-electron chi connectivity index (χ4n) is 7.03. The molecule has 0 amide bonds. The van der Waals surface area contributed by atoms with E-state index in [4.69, 9.17) is 0 Å². The van der Waals surface area contributed by atoms with Gasteiger partial charge >= 0.3 is 0 Å². The van der Waals surface area contributed by atoms with E-state index < -0.39 is 0 Å². The molecule has 0 heteroatoms. The van der Waals surface area contributed by atoms with Crippen molar-refractivity contribution in [3.05, 3.63) is 94.0 Å². The summed E-state index contributed by atoms with van der Waals surface area (Å²) in [5.74, 6) is 0. The van der Waals surface area contributed by atoms with Gasteiger partial charge < -0.3 is 0 Å². The van der Waals surface area contributed by atoms with Gasteiger partial charge in [0.2, 0.25) is 0 Å². The molecule has 0 N–H and O–H groups in total. The van der Waals surface area contributed by atoms with E-state index in [9.17, 15) is 0 Å². The molecule has 1 spiro atoms. The lowest BCUT2D eigenvalue weighted by atomic mass is 9.72. The average Bonchev–Trinajstić information content (AvgIpc) is 3.04. The molecule has 0 bridgehead atoms. The van der Waals surface area contributed by atoms with E-state index in [0.29, 0.717) is 0 Å². The molecular weight excluding hydrogens is 372 g/mol. The van der Waals surface area contributed by atoms with Gasteiger partial charge in [0.25, 0.3) is 0 Å². The molecule has 0 fully saturated rings. The number of rotatable bonds is 0. The Morgan fingerprint density at radius 3 is 1.35 bits per heavy atom. The summed E-state index contributed by atoms with van der Waals surface area (Å²) < 4.78 is 0. The fourth-order valence-corrected chi connectivity index (χ4v) is 7.03. The average molecular weight is 405 g/mol. The van der Waals surface area contributed by atoms with Crippen LogP contribution in [0.4, 0.5) is 0 Å². The van der Waals surface area contributed by atoms with Crippen molar-refractivity contribution in [1.82, 2.24) is 0 Å². The summed E-state index contributed by atoms with van der Waals surface area (Å²) in [6, 6.07) is 23.9. The zero-order chi connectivity index (χ0) is 21.8. The van der Waals surface area contributed by atoms with Crippen LogP contribution in [0.15, 0.2) is 60.7 Å². The van der Waals surface area contributed by atoms with Crippen LogP contribution in [0, 0.1) is 13.8 Å². The zero-order valence-electron chi connectivity index (χ0n) is 19.7. The van der Waals surface area contributed by atoms with Crippen LogP contribution in [0.5, 0.6) is 0 Å². The molecular formula is C31H32. The Balaban J connectivity index is 1.69. The third-order valence-electron chi connectivity index (χ3n) is 8.24. The van der Waals surface area contributed by atoms with Crippen molar-refractivity contribution < 1.29 is 0 Å². The second kappa shape index (κ2) is 5.80. The highest BCUT2D eigenvalue weighted by atomic mass is 14.6. The predicted octanol–water partition coefficient (Wildman–Crippen LogP) is 8.26. The summed E-state index contributed by atoms with van der Waals surface area (Å²) in [6.07, 6.45) is 2.39. The topological polar surface area (TPSA) is 0 Å². The second-order valence-electron chi connectivity index (χ2n) is 11.7. The monoisotopic (exact) mass is 404 g/mol. The summed E-state index contributed by atoms with van der Waals surface area (Å²) >= 11 is 0. The van der Waals surface area contributed by atoms with Gasteiger partial charge in [-0.25, -0.2) is 0 Å². The van der Waals surface area contributed by atoms with Gasteiger partial charge in [-0.05, 0) is 93.5 Å². The predicted molar refractivity (Wildman–Crippen MR) is 133 cm³/mol. The van der Waals surface area contributed by atoms with Crippen LogP contribution in [0.1, 0.15) is 73.9 Å². The lowest BCUT2D eigenvalue weighted by Crippen LogP contribution is -2.26. The second-order valence-corrected chi connectivity index (χ2v) is 11.7. The van der Waals surface area contributed by atoms with Crippen molar-refractivity contribution in [2.75, 3.05) is 0 Å². The first-order chi connectivity index (χ1) is 14.6. The molecule has 4 aromatic rings. The van der Waals surface area contributed by atoms with E-state index in [0.717, 1.165) is 0 Å². The van der Waals surface area contributed by atoms with Gasteiger partial charge in [0, 0.05) is 5.41 Å². The third kappa shape index (κ3) is 2.54. The first-order valence-electron chi connectivity index (χ1n) is 11.7. The lowest BCUT2D eigenvalue weighted by Gasteiger charge is -2.30. The minimum Gasteiger partial charge on any atom is -0.0587 e. The minimum atomic E-state index is 0.106. The first-order valence-corrected chi connectivity index (χ1v) is 11.7. The van der Waals surface area contributed by atoms with Gasteiger partial charge in [0.15, 0.2) is 0 Å². The summed E-state index contributed by atoms with van der Waals surface area (Å²) in [5, 5.41) is 5.53. The Bertz CT molecular complexity index is 1400. The van der Waals surface area contributed by atoms with Crippen LogP contribution in [0.3, 0.4) is 0 Å². The number of hydrogen-bond acceptors (Lipinski definition) is 0. The summed E-state index contributed by atoms with van der Waals surface area (Å²) in [5.41, 5.74) is 9.39. The van der Waals surface area contributed by atoms with Crippen molar-refractivity contribution in [2.24, 2.45) is 0 Å². The maximum Gasteiger partial charge on any atom is 0.0225 e. The van der Waals surface area contributed by atoms with E-state index in [1.807, 2.05) is 0 Å². The molecule has 0 aromatic heterocycles. The van der Waals surface area contributed by atoms with E-state index in [-0.39, 0.29) is 16.2 Å². The summed E-state index contributed by atoms with van der Waals surface area (Å²) in [4.78, 5) is 0. The molecule has 1 atom stereocenters. The quantitative estimate of drug-likeness (QED) is 0.277. The standard InChI is InChI=1S/C31H32/c1-19-8-10-22-14-27-26(15-23(22)11-19)30(5,6)18-31(27)17-29(3,4)25-13-21-9-7-20(2)12-24(21)16-28(25)31/h7-16H,17-18H2,1-6H3. The minimum absolute atomic E-state index is 0.106. The van der Waals surface area contributed by atoms with Crippen LogP contribution in [0.25, 0.3) is 21.5 Å². The SMILES string of the molecule is Cc1ccc2cc3c(cc2c1)C(C)(C)CC31CC(C)(C)c2cc3ccc(C)cc3cc21. The Morgan fingerprint density at radius 1 is 0.484 bits per heavy atom. The van der Waals surface area contributed by atoms with Crippen molar-refractivity contribution >= 4 is 21.5 Å². The first kappa shape index (κ1) is 19.1. The largest absolute Gasteiger partial charge is 0.0587 e. The van der Waals surface area contributed by atoms with Crippen molar-refractivity contribution in [3.63, 3.8) is 0 Å². The molecule has 2 aliphatic rings. The number of hydrogen-bond donors (Lipinski definition) is 0. The van der Waals surface area contributed by atoms with Crippen LogP contribution in [0.2, 0.25) is 0 Å². The van der Waals surface area contributed by atoms with Crippen molar-refractivity contribution in [2.45, 2.75) is 70.6 Å². The van der Waals surface area contributed by atoms with Crippen LogP contribution >= 0.6 is 0 Å². The molecule has 2 aliphatic carbocycles. The molecule has 1 unspecified atom stereocenters. The maximum atomic E-state index is 2.54. The van der Waals surface area contributed by atoms with Crippen LogP contribution < -0.4 is 0 Å². The normalized spacial score (nSPS) is 22.9. The van der Waals surface area contributed by atoms with Gasteiger partial charge in [-0.1, -0.05) is 87.4 Å². The molecule has 0 heterocycles. The Kier molecular flexibility index (Phi) is 3.57. The third-order valence-corrected chi connectivity index (χ3v) is 8.24. The Hall–Kier alpha value is -2.60. The molecule has 0 nitrogen and oxygen atoms in total. The molecule has 0 saturated carbocycles. The van der Waals surface area contributed by atoms with Gasteiger partial charge in [0.05, 0.1) is 0 Å². The van der Waals surface area contributed by atoms with Crippen LogP contribution in [-0.2, 0) is 16.2 Å². The van der Waals surface area contributed by atoms with E-state index in [1.54, 1.807) is 22.3 Å². The molecule has 0 saturated heterocycles. The zero-order valence-corrected chi connectivity index (χ0v) is 19.7. The van der Waals surface area contributed by atoms with E-state index in [1.165, 1.54) is 45.5 Å². The number of benzene rings is 4. The molecule has 6 rings (SSSR count). The van der Waals surface area contributed by atoms with Gasteiger partial charge in [-0.2, -0.15) is 0 Å². The molecule has 156 valence electrons. The Labute approximate surface area is 186 Å². The summed E-state index contributed by atoms with van der Waals surface area (Å²) in [6.45, 7) is 14.2.